The Balaban J connectivity index is 3.08. The molecular formula is C11H16FNO2. The van der Waals surface area contributed by atoms with Crippen molar-refractivity contribution in [1.29, 1.82) is 0 Å². The lowest BCUT2D eigenvalue weighted by Gasteiger charge is -2.12. The van der Waals surface area contributed by atoms with Crippen molar-refractivity contribution in [1.82, 2.24) is 0 Å². The molecule has 15 heavy (non-hydrogen) atoms. The molecule has 1 rings (SSSR count). The highest BCUT2D eigenvalue weighted by Gasteiger charge is 2.12. The molecule has 2 N–H and O–H groups in total. The zero-order valence-corrected chi connectivity index (χ0v) is 9.21. The molecule has 0 bridgehead atoms. The summed E-state index contributed by atoms with van der Waals surface area (Å²) in [5.41, 5.74) is 6.45. The van der Waals surface area contributed by atoms with Crippen LogP contribution < -0.4 is 15.2 Å². The summed E-state index contributed by atoms with van der Waals surface area (Å²) >= 11 is 0. The molecule has 0 fully saturated rings. The second-order valence-corrected chi connectivity index (χ2v) is 3.49. The highest BCUT2D eigenvalue weighted by Crippen LogP contribution is 2.31. The van der Waals surface area contributed by atoms with Crippen LogP contribution in [0.4, 0.5) is 4.39 Å². The third-order valence-electron chi connectivity index (χ3n) is 2.05. The first-order valence-electron chi connectivity index (χ1n) is 4.74. The molecule has 0 radical (unpaired) electrons. The summed E-state index contributed by atoms with van der Waals surface area (Å²) in [6.45, 7) is 1.87. The average Bonchev–Trinajstić information content (AvgIpc) is 2.15. The fraction of sp³-hybridized carbons (Fsp3) is 0.455. The van der Waals surface area contributed by atoms with Crippen LogP contribution in [-0.4, -0.2) is 20.3 Å². The zero-order valence-electron chi connectivity index (χ0n) is 9.21. The first-order chi connectivity index (χ1) is 7.08. The van der Waals surface area contributed by atoms with Crippen LogP contribution in [-0.2, 0) is 6.42 Å². The van der Waals surface area contributed by atoms with E-state index in [2.05, 4.69) is 0 Å². The molecule has 1 atom stereocenters. The van der Waals surface area contributed by atoms with Gasteiger partial charge < -0.3 is 15.2 Å². The van der Waals surface area contributed by atoms with E-state index in [0.717, 1.165) is 5.56 Å². The Labute approximate surface area is 89.0 Å². The van der Waals surface area contributed by atoms with Crippen LogP contribution in [0, 0.1) is 5.82 Å². The van der Waals surface area contributed by atoms with Crippen LogP contribution in [0.2, 0.25) is 0 Å². The molecule has 1 aromatic carbocycles. The Kier molecular flexibility index (Phi) is 3.91. The van der Waals surface area contributed by atoms with Gasteiger partial charge in [0.05, 0.1) is 14.2 Å². The smallest absolute Gasteiger partial charge is 0.196 e. The van der Waals surface area contributed by atoms with E-state index in [4.69, 9.17) is 15.2 Å². The monoisotopic (exact) mass is 213 g/mol. The third kappa shape index (κ3) is 2.83. The highest BCUT2D eigenvalue weighted by molar-refractivity contribution is 5.44. The van der Waals surface area contributed by atoms with Crippen molar-refractivity contribution in [2.24, 2.45) is 5.73 Å². The minimum absolute atomic E-state index is 0.0116. The van der Waals surface area contributed by atoms with Crippen molar-refractivity contribution < 1.29 is 13.9 Å². The molecular weight excluding hydrogens is 197 g/mol. The summed E-state index contributed by atoms with van der Waals surface area (Å²) in [7, 11) is 2.89. The first kappa shape index (κ1) is 11.8. The largest absolute Gasteiger partial charge is 0.493 e. The van der Waals surface area contributed by atoms with Gasteiger partial charge in [0.1, 0.15) is 0 Å². The van der Waals surface area contributed by atoms with Gasteiger partial charge >= 0.3 is 0 Å². The second kappa shape index (κ2) is 4.98. The van der Waals surface area contributed by atoms with Gasteiger partial charge in [-0.1, -0.05) is 0 Å². The van der Waals surface area contributed by atoms with E-state index in [-0.39, 0.29) is 11.8 Å². The molecule has 0 aliphatic rings. The van der Waals surface area contributed by atoms with Gasteiger partial charge in [0, 0.05) is 6.04 Å². The van der Waals surface area contributed by atoms with Crippen LogP contribution in [0.5, 0.6) is 11.5 Å². The van der Waals surface area contributed by atoms with Gasteiger partial charge in [-0.2, -0.15) is 0 Å². The van der Waals surface area contributed by atoms with Crippen molar-refractivity contribution in [3.63, 3.8) is 0 Å². The minimum Gasteiger partial charge on any atom is -0.493 e. The van der Waals surface area contributed by atoms with Gasteiger partial charge in [-0.3, -0.25) is 0 Å². The highest BCUT2D eigenvalue weighted by atomic mass is 19.1. The maximum atomic E-state index is 13.5. The van der Waals surface area contributed by atoms with Gasteiger partial charge in [-0.05, 0) is 31.0 Å². The summed E-state index contributed by atoms with van der Waals surface area (Å²) in [5.74, 6) is 0.103. The summed E-state index contributed by atoms with van der Waals surface area (Å²) < 4.78 is 23.4. The van der Waals surface area contributed by atoms with Crippen molar-refractivity contribution in [3.8, 4) is 11.5 Å². The SMILES string of the molecule is COc1cc(CC(C)N)cc(F)c1OC. The number of hydrogen-bond donors (Lipinski definition) is 1. The fourth-order valence-corrected chi connectivity index (χ4v) is 1.46. The standard InChI is InChI=1S/C11H16FNO2/c1-7(13)4-8-5-9(12)11(15-3)10(6-8)14-2/h5-7H,4,13H2,1-3H3. The quantitative estimate of drug-likeness (QED) is 0.828. The average molecular weight is 213 g/mol. The second-order valence-electron chi connectivity index (χ2n) is 3.49. The minimum atomic E-state index is -0.424. The Bertz CT molecular complexity index is 340. The number of rotatable bonds is 4. The van der Waals surface area contributed by atoms with Crippen molar-refractivity contribution in [2.45, 2.75) is 19.4 Å². The molecule has 4 heteroatoms. The summed E-state index contributed by atoms with van der Waals surface area (Å²) in [6, 6.07) is 3.15. The lowest BCUT2D eigenvalue weighted by molar-refractivity contribution is 0.337. The Hall–Kier alpha value is -1.29. The molecule has 0 aliphatic carbocycles. The molecule has 0 spiro atoms. The van der Waals surface area contributed by atoms with E-state index >= 15 is 0 Å². The zero-order chi connectivity index (χ0) is 11.4. The van der Waals surface area contributed by atoms with E-state index in [1.165, 1.54) is 20.3 Å². The normalized spacial score (nSPS) is 12.3. The van der Waals surface area contributed by atoms with Crippen molar-refractivity contribution in [2.75, 3.05) is 14.2 Å². The van der Waals surface area contributed by atoms with Crippen LogP contribution in [0.3, 0.4) is 0 Å². The Morgan fingerprint density at radius 2 is 2.00 bits per heavy atom. The predicted octanol–water partition coefficient (Wildman–Crippen LogP) is 1.73. The summed E-state index contributed by atoms with van der Waals surface area (Å²) in [6.07, 6.45) is 0.608. The number of benzene rings is 1. The molecule has 0 aliphatic heterocycles. The maximum absolute atomic E-state index is 13.5. The van der Waals surface area contributed by atoms with E-state index in [1.54, 1.807) is 6.07 Å². The molecule has 0 saturated heterocycles. The number of nitrogens with two attached hydrogens (primary N) is 1. The molecule has 84 valence electrons. The Morgan fingerprint density at radius 1 is 1.33 bits per heavy atom. The van der Waals surface area contributed by atoms with Crippen LogP contribution >= 0.6 is 0 Å². The van der Waals surface area contributed by atoms with E-state index < -0.39 is 5.82 Å². The van der Waals surface area contributed by atoms with Gasteiger partial charge in [-0.25, -0.2) is 4.39 Å². The topological polar surface area (TPSA) is 44.5 Å². The molecule has 0 heterocycles. The van der Waals surface area contributed by atoms with Gasteiger partial charge in [0.2, 0.25) is 0 Å². The fourth-order valence-electron chi connectivity index (χ4n) is 1.46. The van der Waals surface area contributed by atoms with Crippen LogP contribution in [0.25, 0.3) is 0 Å². The molecule has 0 aromatic heterocycles. The van der Waals surface area contributed by atoms with Crippen molar-refractivity contribution >= 4 is 0 Å². The summed E-state index contributed by atoms with van der Waals surface area (Å²) in [5, 5.41) is 0. The lowest BCUT2D eigenvalue weighted by atomic mass is 10.1. The van der Waals surface area contributed by atoms with Crippen molar-refractivity contribution in [3.05, 3.63) is 23.5 Å². The first-order valence-corrected chi connectivity index (χ1v) is 4.74. The number of halogens is 1. The summed E-state index contributed by atoms with van der Waals surface area (Å²) in [4.78, 5) is 0. The number of hydrogen-bond acceptors (Lipinski definition) is 3. The van der Waals surface area contributed by atoms with E-state index in [0.29, 0.717) is 12.2 Å². The van der Waals surface area contributed by atoms with E-state index in [1.807, 2.05) is 6.92 Å². The number of ether oxygens (including phenoxy) is 2. The van der Waals surface area contributed by atoms with Gasteiger partial charge in [0.15, 0.2) is 17.3 Å². The molecule has 1 aromatic rings. The molecule has 3 nitrogen and oxygen atoms in total. The van der Waals surface area contributed by atoms with Gasteiger partial charge in [-0.15, -0.1) is 0 Å². The van der Waals surface area contributed by atoms with Crippen LogP contribution in [0.1, 0.15) is 12.5 Å². The molecule has 0 saturated carbocycles. The maximum Gasteiger partial charge on any atom is 0.196 e. The van der Waals surface area contributed by atoms with Gasteiger partial charge in [0.25, 0.3) is 0 Å². The predicted molar refractivity (Wildman–Crippen MR) is 56.9 cm³/mol. The van der Waals surface area contributed by atoms with E-state index in [9.17, 15) is 4.39 Å². The lowest BCUT2D eigenvalue weighted by Crippen LogP contribution is -2.17. The third-order valence-corrected chi connectivity index (χ3v) is 2.05. The molecule has 1 unspecified atom stereocenters. The number of methoxy groups -OCH3 is 2. The molecule has 0 amide bonds. The Morgan fingerprint density at radius 3 is 2.47 bits per heavy atom. The van der Waals surface area contributed by atoms with Crippen LogP contribution in [0.15, 0.2) is 12.1 Å².